The molecule has 2 unspecified atom stereocenters. The summed E-state index contributed by atoms with van der Waals surface area (Å²) in [5.41, 5.74) is 1.05. The average Bonchev–Trinajstić information content (AvgIpc) is 3.24. The molecule has 2 aliphatic heterocycles. The van der Waals surface area contributed by atoms with Crippen LogP contribution in [0.1, 0.15) is 30.9 Å². The molecule has 1 N–H and O–H groups in total. The van der Waals surface area contributed by atoms with E-state index >= 15 is 0 Å². The van der Waals surface area contributed by atoms with Crippen molar-refractivity contribution in [2.45, 2.75) is 34.4 Å². The Hall–Kier alpha value is -1.06. The van der Waals surface area contributed by atoms with E-state index in [0.29, 0.717) is 28.6 Å². The van der Waals surface area contributed by atoms with Crippen LogP contribution in [-0.2, 0) is 14.8 Å². The van der Waals surface area contributed by atoms with Crippen LogP contribution in [0, 0.1) is 5.92 Å². The third-order valence-corrected chi connectivity index (χ3v) is 9.77. The van der Waals surface area contributed by atoms with Crippen LogP contribution in [0.3, 0.4) is 0 Å². The number of benzene rings is 1. The number of nitrogens with one attached hydrogen (secondary N) is 1. The summed E-state index contributed by atoms with van der Waals surface area (Å²) < 4.78 is 27.4. The largest absolute Gasteiger partial charge is 0.349 e. The quantitative estimate of drug-likeness (QED) is 0.750. The van der Waals surface area contributed by atoms with Gasteiger partial charge in [-0.2, -0.15) is 4.31 Å². The molecule has 1 amide bonds. The molecule has 28 heavy (non-hydrogen) atoms. The lowest BCUT2D eigenvalue weighted by Crippen LogP contribution is -2.46. The summed E-state index contributed by atoms with van der Waals surface area (Å²) in [6, 6.07) is 9.05. The predicted octanol–water partition coefficient (Wildman–Crippen LogP) is 4.16. The number of hydrogen-bond donors (Lipinski definition) is 1. The second kappa shape index (κ2) is 8.36. The first-order valence-corrected chi connectivity index (χ1v) is 12.9. The SMILES string of the molecule is O=C(NC1CCSc2ccc(Cl)cc21)C1CCCN(S(=O)(=O)c2cccs2)C1. The molecule has 5 nitrogen and oxygen atoms in total. The minimum atomic E-state index is -3.52. The van der Waals surface area contributed by atoms with Gasteiger partial charge in [-0.3, -0.25) is 4.79 Å². The molecule has 9 heteroatoms. The van der Waals surface area contributed by atoms with Crippen molar-refractivity contribution in [3.63, 3.8) is 0 Å². The Morgan fingerprint density at radius 1 is 1.25 bits per heavy atom. The van der Waals surface area contributed by atoms with Crippen LogP contribution in [0.4, 0.5) is 0 Å². The summed E-state index contributed by atoms with van der Waals surface area (Å²) in [5.74, 6) is 0.526. The maximum absolute atomic E-state index is 13.0. The first kappa shape index (κ1) is 20.2. The molecule has 2 atom stereocenters. The molecule has 0 radical (unpaired) electrons. The maximum Gasteiger partial charge on any atom is 0.252 e. The summed E-state index contributed by atoms with van der Waals surface area (Å²) in [4.78, 5) is 14.1. The highest BCUT2D eigenvalue weighted by Gasteiger charge is 2.35. The summed E-state index contributed by atoms with van der Waals surface area (Å²) >= 11 is 9.13. The van der Waals surface area contributed by atoms with E-state index in [1.807, 2.05) is 18.2 Å². The highest BCUT2D eigenvalue weighted by molar-refractivity contribution is 7.99. The van der Waals surface area contributed by atoms with Gasteiger partial charge in [0.1, 0.15) is 4.21 Å². The zero-order chi connectivity index (χ0) is 19.7. The van der Waals surface area contributed by atoms with E-state index < -0.39 is 10.0 Å². The lowest BCUT2D eigenvalue weighted by molar-refractivity contribution is -0.126. The third kappa shape index (κ3) is 4.11. The van der Waals surface area contributed by atoms with Gasteiger partial charge in [-0.25, -0.2) is 8.42 Å². The molecule has 0 aliphatic carbocycles. The Kier molecular flexibility index (Phi) is 6.04. The number of amides is 1. The molecule has 1 aromatic heterocycles. The van der Waals surface area contributed by atoms with Crippen LogP contribution in [0.2, 0.25) is 5.02 Å². The Morgan fingerprint density at radius 3 is 2.89 bits per heavy atom. The van der Waals surface area contributed by atoms with Crippen molar-refractivity contribution in [2.75, 3.05) is 18.8 Å². The number of carbonyl (C=O) groups excluding carboxylic acids is 1. The lowest BCUT2D eigenvalue weighted by Gasteiger charge is -2.33. The standard InChI is InChI=1S/C19H21ClN2O3S3/c20-14-5-6-17-15(11-14)16(7-10-26-17)21-19(23)13-3-1-8-22(12-13)28(24,25)18-4-2-9-27-18/h2,4-6,9,11,13,16H,1,3,7-8,10,12H2,(H,21,23). The fourth-order valence-electron chi connectivity index (χ4n) is 3.72. The zero-order valence-electron chi connectivity index (χ0n) is 15.1. The van der Waals surface area contributed by atoms with Gasteiger partial charge in [-0.1, -0.05) is 17.7 Å². The van der Waals surface area contributed by atoms with Gasteiger partial charge in [0.25, 0.3) is 10.0 Å². The Balaban J connectivity index is 1.47. The highest BCUT2D eigenvalue weighted by atomic mass is 35.5. The second-order valence-electron chi connectivity index (χ2n) is 7.01. The van der Waals surface area contributed by atoms with Crippen molar-refractivity contribution in [2.24, 2.45) is 5.92 Å². The summed E-state index contributed by atoms with van der Waals surface area (Å²) in [6.07, 6.45) is 2.23. The van der Waals surface area contributed by atoms with E-state index in [1.165, 1.54) is 15.6 Å². The van der Waals surface area contributed by atoms with Gasteiger partial charge in [0.15, 0.2) is 0 Å². The molecule has 2 aliphatic rings. The van der Waals surface area contributed by atoms with E-state index in [9.17, 15) is 13.2 Å². The van der Waals surface area contributed by atoms with Crippen LogP contribution in [0.25, 0.3) is 0 Å². The predicted molar refractivity (Wildman–Crippen MR) is 113 cm³/mol. The van der Waals surface area contributed by atoms with Crippen molar-refractivity contribution in [1.82, 2.24) is 9.62 Å². The molecular formula is C19H21ClN2O3S3. The summed E-state index contributed by atoms with van der Waals surface area (Å²) in [7, 11) is -3.52. The van der Waals surface area contributed by atoms with Crippen LogP contribution >= 0.6 is 34.7 Å². The van der Waals surface area contributed by atoms with Crippen molar-refractivity contribution in [1.29, 1.82) is 0 Å². The smallest absolute Gasteiger partial charge is 0.252 e. The van der Waals surface area contributed by atoms with Crippen molar-refractivity contribution >= 4 is 50.6 Å². The Morgan fingerprint density at radius 2 is 2.11 bits per heavy atom. The van der Waals surface area contributed by atoms with Gasteiger partial charge in [0.05, 0.1) is 12.0 Å². The minimum Gasteiger partial charge on any atom is -0.349 e. The Bertz CT molecular complexity index is 963. The average molecular weight is 457 g/mol. The van der Waals surface area contributed by atoms with E-state index in [2.05, 4.69) is 5.32 Å². The zero-order valence-corrected chi connectivity index (χ0v) is 18.3. The van der Waals surface area contributed by atoms with E-state index in [-0.39, 0.29) is 24.4 Å². The van der Waals surface area contributed by atoms with Crippen LogP contribution < -0.4 is 5.32 Å². The summed E-state index contributed by atoms with van der Waals surface area (Å²) in [5, 5.41) is 5.56. The normalized spacial score (nSPS) is 23.2. The van der Waals surface area contributed by atoms with Gasteiger partial charge < -0.3 is 5.32 Å². The van der Waals surface area contributed by atoms with Gasteiger partial charge in [0, 0.05) is 28.8 Å². The molecule has 150 valence electrons. The molecule has 1 aromatic carbocycles. The fourth-order valence-corrected chi connectivity index (χ4v) is 7.67. The molecule has 0 saturated carbocycles. The van der Waals surface area contributed by atoms with Gasteiger partial charge in [-0.15, -0.1) is 23.1 Å². The van der Waals surface area contributed by atoms with E-state index in [0.717, 1.165) is 22.6 Å². The van der Waals surface area contributed by atoms with Crippen molar-refractivity contribution < 1.29 is 13.2 Å². The minimum absolute atomic E-state index is 0.0751. The molecule has 3 heterocycles. The number of thiophene rings is 1. The van der Waals surface area contributed by atoms with Gasteiger partial charge in [-0.05, 0) is 54.5 Å². The first-order chi connectivity index (χ1) is 13.4. The third-order valence-electron chi connectivity index (χ3n) is 5.17. The topological polar surface area (TPSA) is 66.5 Å². The molecule has 2 aromatic rings. The monoisotopic (exact) mass is 456 g/mol. The number of piperidine rings is 1. The first-order valence-electron chi connectivity index (χ1n) is 9.21. The van der Waals surface area contributed by atoms with Gasteiger partial charge >= 0.3 is 0 Å². The van der Waals surface area contributed by atoms with Crippen LogP contribution in [-0.4, -0.2) is 37.5 Å². The lowest BCUT2D eigenvalue weighted by atomic mass is 9.97. The van der Waals surface area contributed by atoms with Crippen molar-refractivity contribution in [3.05, 3.63) is 46.3 Å². The Labute approximate surface area is 178 Å². The number of hydrogen-bond acceptors (Lipinski definition) is 5. The van der Waals surface area contributed by atoms with E-state index in [1.54, 1.807) is 29.3 Å². The molecule has 1 saturated heterocycles. The number of fused-ring (bicyclic) bond motifs is 1. The highest BCUT2D eigenvalue weighted by Crippen LogP contribution is 2.38. The molecule has 0 spiro atoms. The molecule has 0 bridgehead atoms. The van der Waals surface area contributed by atoms with E-state index in [4.69, 9.17) is 11.6 Å². The van der Waals surface area contributed by atoms with Crippen LogP contribution in [0.5, 0.6) is 0 Å². The second-order valence-corrected chi connectivity index (χ2v) is 11.7. The maximum atomic E-state index is 13.0. The fraction of sp³-hybridized carbons (Fsp3) is 0.421. The molecule has 4 rings (SSSR count). The number of thioether (sulfide) groups is 1. The molecule has 1 fully saturated rings. The summed E-state index contributed by atoms with van der Waals surface area (Å²) in [6.45, 7) is 0.693. The number of sulfonamides is 1. The number of nitrogens with zero attached hydrogens (tertiary/aromatic N) is 1. The molecular weight excluding hydrogens is 436 g/mol. The van der Waals surface area contributed by atoms with Crippen molar-refractivity contribution in [3.8, 4) is 0 Å². The van der Waals surface area contributed by atoms with Gasteiger partial charge in [0.2, 0.25) is 5.91 Å². The number of rotatable bonds is 4. The number of carbonyl (C=O) groups is 1. The van der Waals surface area contributed by atoms with Crippen LogP contribution in [0.15, 0.2) is 44.8 Å². The number of halogens is 1.